The van der Waals surface area contributed by atoms with Gasteiger partial charge in [0.05, 0.1) is 0 Å². The minimum atomic E-state index is 0.275. The smallest absolute Gasteiger partial charge is 0.163 e. The predicted molar refractivity (Wildman–Crippen MR) is 78.8 cm³/mol. The molecule has 98 valence electrons. The van der Waals surface area contributed by atoms with E-state index in [1.165, 1.54) is 0 Å². The van der Waals surface area contributed by atoms with Crippen molar-refractivity contribution >= 4 is 11.9 Å². The Balaban J connectivity index is 2.64. The quantitative estimate of drug-likeness (QED) is 0.580. The maximum absolute atomic E-state index is 12.2. The molecule has 0 aliphatic heterocycles. The Morgan fingerprint density at radius 1 is 1.17 bits per heavy atom. The van der Waals surface area contributed by atoms with Gasteiger partial charge in [0, 0.05) is 12.0 Å². The van der Waals surface area contributed by atoms with Crippen LogP contribution < -0.4 is 0 Å². The van der Waals surface area contributed by atoms with Gasteiger partial charge in [0.1, 0.15) is 0 Å². The molecule has 0 unspecified atom stereocenters. The third kappa shape index (κ3) is 4.48. The van der Waals surface area contributed by atoms with Crippen LogP contribution in [0, 0.1) is 5.92 Å². The first-order valence-electron chi connectivity index (χ1n) is 6.96. The fourth-order valence-corrected chi connectivity index (χ4v) is 2.35. The van der Waals surface area contributed by atoms with Crippen LogP contribution in [0.4, 0.5) is 0 Å². The summed E-state index contributed by atoms with van der Waals surface area (Å²) in [4.78, 5) is 12.2. The number of ketones is 1. The Morgan fingerprint density at radius 3 is 2.17 bits per heavy atom. The molecule has 0 aromatic heterocycles. The highest BCUT2D eigenvalue weighted by atomic mass is 16.1. The van der Waals surface area contributed by atoms with Gasteiger partial charge in [0.25, 0.3) is 0 Å². The van der Waals surface area contributed by atoms with Crippen molar-refractivity contribution in [3.63, 3.8) is 0 Å². The predicted octanol–water partition coefficient (Wildman–Crippen LogP) is 5.12. The lowest BCUT2D eigenvalue weighted by Crippen LogP contribution is -2.09. The van der Waals surface area contributed by atoms with E-state index in [-0.39, 0.29) is 5.78 Å². The summed E-state index contributed by atoms with van der Waals surface area (Å²) in [5.74, 6) is 0.823. The molecule has 0 aliphatic rings. The Hall–Kier alpha value is -1.37. The molecule has 1 aromatic carbocycles. The van der Waals surface area contributed by atoms with Gasteiger partial charge >= 0.3 is 0 Å². The van der Waals surface area contributed by atoms with Crippen molar-refractivity contribution in [2.45, 2.75) is 46.0 Å². The zero-order valence-electron chi connectivity index (χ0n) is 11.6. The molecule has 1 heteroatoms. The molecule has 0 saturated carbocycles. The monoisotopic (exact) mass is 244 g/mol. The van der Waals surface area contributed by atoms with E-state index in [4.69, 9.17) is 0 Å². The van der Waals surface area contributed by atoms with E-state index < -0.39 is 0 Å². The van der Waals surface area contributed by atoms with Crippen LogP contribution in [0.15, 0.2) is 30.8 Å². The van der Waals surface area contributed by atoms with Crippen molar-refractivity contribution in [2.75, 3.05) is 0 Å². The highest BCUT2D eigenvalue weighted by Crippen LogP contribution is 2.20. The van der Waals surface area contributed by atoms with Crippen molar-refractivity contribution in [3.05, 3.63) is 42.0 Å². The number of hydrogen-bond donors (Lipinski definition) is 0. The second-order valence-electron chi connectivity index (χ2n) is 4.90. The molecular weight excluding hydrogens is 220 g/mol. The topological polar surface area (TPSA) is 17.1 Å². The van der Waals surface area contributed by atoms with Crippen molar-refractivity contribution in [2.24, 2.45) is 5.92 Å². The zero-order chi connectivity index (χ0) is 13.4. The molecule has 0 saturated heterocycles. The van der Waals surface area contributed by atoms with Crippen LogP contribution in [0.3, 0.4) is 0 Å². The van der Waals surface area contributed by atoms with Crippen molar-refractivity contribution < 1.29 is 4.79 Å². The fourth-order valence-electron chi connectivity index (χ4n) is 2.35. The second-order valence-corrected chi connectivity index (χ2v) is 4.90. The van der Waals surface area contributed by atoms with Gasteiger partial charge < -0.3 is 0 Å². The van der Waals surface area contributed by atoms with Crippen LogP contribution in [-0.2, 0) is 0 Å². The number of Topliss-reactive ketones (excluding diaryl/α,β-unsaturated/α-hetero) is 1. The molecule has 0 N–H and O–H groups in total. The molecule has 0 aliphatic carbocycles. The molecule has 1 aromatic rings. The number of hydrogen-bond acceptors (Lipinski definition) is 1. The molecule has 0 amide bonds. The molecule has 0 heterocycles. The normalized spacial score (nSPS) is 10.6. The van der Waals surface area contributed by atoms with Crippen LogP contribution in [0.5, 0.6) is 0 Å². The summed E-state index contributed by atoms with van der Waals surface area (Å²) < 4.78 is 0. The summed E-state index contributed by atoms with van der Waals surface area (Å²) in [6.45, 7) is 8.09. The van der Waals surface area contributed by atoms with Gasteiger partial charge in [-0.3, -0.25) is 4.79 Å². The van der Waals surface area contributed by atoms with E-state index in [0.29, 0.717) is 12.3 Å². The van der Waals surface area contributed by atoms with Crippen molar-refractivity contribution in [1.29, 1.82) is 0 Å². The first-order valence-corrected chi connectivity index (χ1v) is 6.96. The van der Waals surface area contributed by atoms with Gasteiger partial charge in [0.2, 0.25) is 0 Å². The van der Waals surface area contributed by atoms with Crippen LogP contribution in [0.1, 0.15) is 61.9 Å². The van der Waals surface area contributed by atoms with Crippen LogP contribution in [0.2, 0.25) is 0 Å². The van der Waals surface area contributed by atoms with Gasteiger partial charge in [-0.15, -0.1) is 0 Å². The number of carbonyl (C=O) groups is 1. The molecule has 0 radical (unpaired) electrons. The maximum atomic E-state index is 12.2. The summed E-state index contributed by atoms with van der Waals surface area (Å²) in [5, 5.41) is 0. The summed E-state index contributed by atoms with van der Waals surface area (Å²) >= 11 is 0. The highest BCUT2D eigenvalue weighted by molar-refractivity contribution is 5.96. The van der Waals surface area contributed by atoms with Crippen LogP contribution >= 0.6 is 0 Å². The SMILES string of the molecule is C=Cc1ccc(C(=O)CC(CCC)CCC)cc1. The van der Waals surface area contributed by atoms with Gasteiger partial charge in [-0.25, -0.2) is 0 Å². The average molecular weight is 244 g/mol. The average Bonchev–Trinajstić information content (AvgIpc) is 2.39. The lowest BCUT2D eigenvalue weighted by atomic mass is 9.90. The molecule has 1 nitrogen and oxygen atoms in total. The van der Waals surface area contributed by atoms with Crippen molar-refractivity contribution in [3.8, 4) is 0 Å². The molecule has 0 spiro atoms. The molecule has 0 atom stereocenters. The summed E-state index contributed by atoms with van der Waals surface area (Å²) in [7, 11) is 0. The lowest BCUT2D eigenvalue weighted by Gasteiger charge is -2.14. The largest absolute Gasteiger partial charge is 0.294 e. The first kappa shape index (κ1) is 14.7. The van der Waals surface area contributed by atoms with Gasteiger partial charge in [-0.1, -0.05) is 76.5 Å². The van der Waals surface area contributed by atoms with E-state index in [2.05, 4.69) is 20.4 Å². The Kier molecular flexibility index (Phi) is 6.42. The third-order valence-corrected chi connectivity index (χ3v) is 3.34. The minimum absolute atomic E-state index is 0.275. The van der Waals surface area contributed by atoms with E-state index >= 15 is 0 Å². The highest BCUT2D eigenvalue weighted by Gasteiger charge is 2.13. The first-order chi connectivity index (χ1) is 8.71. The van der Waals surface area contributed by atoms with E-state index in [9.17, 15) is 4.79 Å². The minimum Gasteiger partial charge on any atom is -0.294 e. The van der Waals surface area contributed by atoms with Gasteiger partial charge in [-0.2, -0.15) is 0 Å². The Labute approximate surface area is 111 Å². The van der Waals surface area contributed by atoms with E-state index in [0.717, 1.165) is 36.8 Å². The molecular formula is C17H24O. The standard InChI is InChI=1S/C17H24O/c1-4-7-15(8-5-2)13-17(18)16-11-9-14(6-3)10-12-16/h6,9-12,15H,3-5,7-8,13H2,1-2H3. The second kappa shape index (κ2) is 7.86. The van der Waals surface area contributed by atoms with Crippen LogP contribution in [0.25, 0.3) is 6.08 Å². The summed E-state index contributed by atoms with van der Waals surface area (Å²) in [6, 6.07) is 7.73. The van der Waals surface area contributed by atoms with E-state index in [1.807, 2.05) is 24.3 Å². The van der Waals surface area contributed by atoms with Gasteiger partial charge in [-0.05, 0) is 11.5 Å². The Bertz CT molecular complexity index is 369. The van der Waals surface area contributed by atoms with E-state index in [1.54, 1.807) is 6.08 Å². The number of rotatable bonds is 8. The zero-order valence-corrected chi connectivity index (χ0v) is 11.6. The fraction of sp³-hybridized carbons (Fsp3) is 0.471. The number of benzene rings is 1. The molecule has 18 heavy (non-hydrogen) atoms. The Morgan fingerprint density at radius 2 is 1.72 bits per heavy atom. The lowest BCUT2D eigenvalue weighted by molar-refractivity contribution is 0.0956. The van der Waals surface area contributed by atoms with Crippen LogP contribution in [-0.4, -0.2) is 5.78 Å². The molecule has 1 rings (SSSR count). The molecule has 0 bridgehead atoms. The summed E-state index contributed by atoms with van der Waals surface area (Å²) in [5.41, 5.74) is 1.89. The third-order valence-electron chi connectivity index (χ3n) is 3.34. The number of carbonyl (C=O) groups excluding carboxylic acids is 1. The summed E-state index contributed by atoms with van der Waals surface area (Å²) in [6.07, 6.45) is 7.12. The molecule has 0 fully saturated rings. The maximum Gasteiger partial charge on any atom is 0.163 e. The van der Waals surface area contributed by atoms with Crippen molar-refractivity contribution in [1.82, 2.24) is 0 Å². The van der Waals surface area contributed by atoms with Gasteiger partial charge in [0.15, 0.2) is 5.78 Å².